The van der Waals surface area contributed by atoms with E-state index in [0.29, 0.717) is 48.1 Å². The Labute approximate surface area is 402 Å². The Balaban J connectivity index is 0.986. The van der Waals surface area contributed by atoms with Gasteiger partial charge in [-0.05, 0) is 107 Å². The number of benzene rings is 4. The van der Waals surface area contributed by atoms with Gasteiger partial charge in [-0.15, -0.1) is 0 Å². The van der Waals surface area contributed by atoms with Crippen LogP contribution in [0.4, 0.5) is 0 Å². The lowest BCUT2D eigenvalue weighted by Crippen LogP contribution is -2.49. The second-order valence-electron chi connectivity index (χ2n) is 16.7. The number of hydrogen-bond acceptors (Lipinski definition) is 12. The predicted octanol–water partition coefficient (Wildman–Crippen LogP) is 9.48. The minimum atomic E-state index is 0.109. The largest absolute Gasteiger partial charge is 0.489 e. The molecule has 0 bridgehead atoms. The van der Waals surface area contributed by atoms with Gasteiger partial charge in [0.25, 0.3) is 0 Å². The van der Waals surface area contributed by atoms with Crippen molar-refractivity contribution in [1.29, 1.82) is 10.5 Å². The van der Waals surface area contributed by atoms with Crippen LogP contribution in [0.3, 0.4) is 0 Å². The van der Waals surface area contributed by atoms with Gasteiger partial charge in [0.2, 0.25) is 0 Å². The van der Waals surface area contributed by atoms with Gasteiger partial charge < -0.3 is 29.2 Å². The van der Waals surface area contributed by atoms with Crippen LogP contribution in [0.25, 0.3) is 11.1 Å². The van der Waals surface area contributed by atoms with E-state index in [1.807, 2.05) is 36.4 Å². The molecule has 0 saturated carbocycles. The third-order valence-corrected chi connectivity index (χ3v) is 13.8. The van der Waals surface area contributed by atoms with Crippen LogP contribution in [0.15, 0.2) is 107 Å². The second-order valence-corrected chi connectivity index (χ2v) is 18.4. The van der Waals surface area contributed by atoms with E-state index in [1.54, 1.807) is 24.5 Å². The number of aliphatic hydroxyl groups is 2. The third kappa shape index (κ3) is 10.9. The first-order valence-corrected chi connectivity index (χ1v) is 23.4. The lowest BCUT2D eigenvalue weighted by atomic mass is 9.93. The van der Waals surface area contributed by atoms with Gasteiger partial charge in [0.1, 0.15) is 61.6 Å². The predicted molar refractivity (Wildman–Crippen MR) is 257 cm³/mol. The lowest BCUT2D eigenvalue weighted by molar-refractivity contribution is 0.0348. The maximum atomic E-state index is 9.85. The van der Waals surface area contributed by atoms with Crippen LogP contribution >= 0.6 is 31.9 Å². The normalized spacial score (nSPS) is 15.8. The number of halogens is 2. The Hall–Kier alpha value is -5.84. The van der Waals surface area contributed by atoms with Gasteiger partial charge in [0.15, 0.2) is 0 Å². The number of rotatable bonds is 19. The van der Waals surface area contributed by atoms with Crippen molar-refractivity contribution in [2.45, 2.75) is 78.3 Å². The lowest BCUT2D eigenvalue weighted by Gasteiger charge is -2.40. The molecule has 12 nitrogen and oxygen atoms in total. The molecule has 338 valence electrons. The third-order valence-electron chi connectivity index (χ3n) is 12.5. The quantitative estimate of drug-likeness (QED) is 0.0794. The Morgan fingerprint density at radius 2 is 1.09 bits per heavy atom. The summed E-state index contributed by atoms with van der Waals surface area (Å²) in [5, 5.41) is 38.5. The van der Waals surface area contributed by atoms with E-state index in [0.717, 1.165) is 96.3 Å². The molecule has 2 N–H and O–H groups in total. The molecule has 0 spiro atoms. The molecular weight excluding hydrogens is 964 g/mol. The summed E-state index contributed by atoms with van der Waals surface area (Å²) in [6.45, 7) is 8.52. The number of hydrogen-bond donors (Lipinski definition) is 2. The first kappa shape index (κ1) is 46.7. The van der Waals surface area contributed by atoms with Crippen molar-refractivity contribution in [1.82, 2.24) is 19.8 Å². The number of aromatic nitrogens is 2. The Kier molecular flexibility index (Phi) is 15.3. The summed E-state index contributed by atoms with van der Waals surface area (Å²) in [5.74, 6) is 2.75. The number of pyridine rings is 2. The summed E-state index contributed by atoms with van der Waals surface area (Å²) in [5.41, 5.74) is 10.6. The first-order chi connectivity index (χ1) is 32.1. The van der Waals surface area contributed by atoms with Crippen LogP contribution in [0.1, 0.15) is 68.5 Å². The summed E-state index contributed by atoms with van der Waals surface area (Å²) in [4.78, 5) is 12.9. The SMILES string of the molecule is Cc1c(COc2cc(OCc3cncc(C#N)c3)c(CN3CC[C@@H]3CO)cc2Br)cccc1-c1cccc(OCc2cc(OCc3cncc(C#N)c3)c(CN3CC[C@@H]3CO)cc2Br)c1C. The van der Waals surface area contributed by atoms with Gasteiger partial charge in [0.05, 0.1) is 28.8 Å². The number of aliphatic hydroxyl groups excluding tert-OH is 2. The summed E-state index contributed by atoms with van der Waals surface area (Å²) < 4.78 is 27.6. The molecule has 6 aromatic rings. The van der Waals surface area contributed by atoms with E-state index in [1.165, 1.54) is 12.4 Å². The smallest absolute Gasteiger partial charge is 0.137 e. The highest BCUT2D eigenvalue weighted by atomic mass is 79.9. The molecule has 14 heteroatoms. The van der Waals surface area contributed by atoms with Crippen LogP contribution in [0, 0.1) is 36.5 Å². The van der Waals surface area contributed by atoms with Crippen LogP contribution in [-0.2, 0) is 39.5 Å². The molecule has 2 aromatic heterocycles. The van der Waals surface area contributed by atoms with Crippen LogP contribution in [0.5, 0.6) is 23.0 Å². The maximum absolute atomic E-state index is 9.85. The summed E-state index contributed by atoms with van der Waals surface area (Å²) in [6.07, 6.45) is 8.37. The molecule has 0 radical (unpaired) electrons. The highest BCUT2D eigenvalue weighted by Gasteiger charge is 2.29. The molecule has 0 aliphatic carbocycles. The van der Waals surface area contributed by atoms with Crippen molar-refractivity contribution in [3.63, 3.8) is 0 Å². The van der Waals surface area contributed by atoms with E-state index < -0.39 is 0 Å². The molecule has 2 aliphatic rings. The Morgan fingerprint density at radius 1 is 0.576 bits per heavy atom. The standard InChI is InChI=1S/C52H50Br2N6O6/c1-33-39(31-66-52-18-51(64-30-38-14-36(20-56)22-58-24-38)41(16-48(52)54)26-60-12-10-44(60)28-62)5-3-6-45(33)46-7-4-8-49(34(46)2)65-32-42-17-50(63-29-37-13-35(19-55)21-57-23-37)40(15-47(42)53)25-59-11-9-43(59)27-61/h3-8,13-18,21-24,43-44,61-62H,9-12,25-32H2,1-2H3/t43-,44-/m1/s1. The van der Waals surface area contributed by atoms with Gasteiger partial charge in [0, 0.05) is 101 Å². The van der Waals surface area contributed by atoms with Gasteiger partial charge in [-0.25, -0.2) is 0 Å². The molecule has 0 amide bonds. The van der Waals surface area contributed by atoms with Gasteiger partial charge >= 0.3 is 0 Å². The fourth-order valence-electron chi connectivity index (χ4n) is 8.29. The van der Waals surface area contributed by atoms with Gasteiger partial charge in [-0.2, -0.15) is 10.5 Å². The molecule has 4 heterocycles. The summed E-state index contributed by atoms with van der Waals surface area (Å²) in [7, 11) is 0. The molecule has 2 aliphatic heterocycles. The Morgan fingerprint density at radius 3 is 1.65 bits per heavy atom. The van der Waals surface area contributed by atoms with E-state index in [-0.39, 0.29) is 45.1 Å². The van der Waals surface area contributed by atoms with Crippen molar-refractivity contribution in [2.24, 2.45) is 0 Å². The Bertz CT molecular complexity index is 2600. The van der Waals surface area contributed by atoms with Crippen molar-refractivity contribution < 1.29 is 29.2 Å². The average Bonchev–Trinajstić information content (AvgIpc) is 3.31. The minimum Gasteiger partial charge on any atom is -0.489 e. The zero-order valence-corrected chi connectivity index (χ0v) is 40.0. The molecule has 8 rings (SSSR count). The first-order valence-electron chi connectivity index (χ1n) is 21.9. The second kappa shape index (κ2) is 21.6. The number of likely N-dealkylation sites (tertiary alicyclic amines) is 2. The molecule has 2 saturated heterocycles. The summed E-state index contributed by atoms with van der Waals surface area (Å²) in [6, 6.07) is 28.4. The fourth-order valence-corrected chi connectivity index (χ4v) is 9.30. The molecule has 66 heavy (non-hydrogen) atoms. The monoisotopic (exact) mass is 1010 g/mol. The van der Waals surface area contributed by atoms with Crippen molar-refractivity contribution >= 4 is 31.9 Å². The van der Waals surface area contributed by atoms with Gasteiger partial charge in [-0.1, -0.05) is 46.3 Å². The van der Waals surface area contributed by atoms with E-state index in [4.69, 9.17) is 18.9 Å². The van der Waals surface area contributed by atoms with Crippen molar-refractivity contribution in [3.05, 3.63) is 162 Å². The van der Waals surface area contributed by atoms with Crippen molar-refractivity contribution in [3.8, 4) is 46.3 Å². The van der Waals surface area contributed by atoms with E-state index >= 15 is 0 Å². The number of nitriles is 2. The highest BCUT2D eigenvalue weighted by molar-refractivity contribution is 9.10. The van der Waals surface area contributed by atoms with E-state index in [2.05, 4.69) is 102 Å². The fraction of sp³-hybridized carbons (Fsp3) is 0.308. The molecule has 4 aromatic carbocycles. The highest BCUT2D eigenvalue weighted by Crippen LogP contribution is 2.39. The number of nitrogens with zero attached hydrogens (tertiary/aromatic N) is 6. The number of ether oxygens (including phenoxy) is 4. The van der Waals surface area contributed by atoms with Crippen LogP contribution in [-0.4, -0.2) is 68.4 Å². The average molecular weight is 1010 g/mol. The molecule has 2 fully saturated rings. The van der Waals surface area contributed by atoms with Crippen LogP contribution in [0.2, 0.25) is 0 Å². The molecular formula is C52H50Br2N6O6. The van der Waals surface area contributed by atoms with Gasteiger partial charge in [-0.3, -0.25) is 19.8 Å². The zero-order chi connectivity index (χ0) is 46.2. The maximum Gasteiger partial charge on any atom is 0.137 e. The topological polar surface area (TPSA) is 157 Å². The summed E-state index contributed by atoms with van der Waals surface area (Å²) >= 11 is 7.57. The zero-order valence-electron chi connectivity index (χ0n) is 36.8. The molecule has 0 unspecified atom stereocenters. The molecule has 2 atom stereocenters. The van der Waals surface area contributed by atoms with Crippen molar-refractivity contribution in [2.75, 3.05) is 26.3 Å². The van der Waals surface area contributed by atoms with Crippen LogP contribution < -0.4 is 18.9 Å². The minimum absolute atomic E-state index is 0.109. The van der Waals surface area contributed by atoms with E-state index in [9.17, 15) is 20.7 Å².